The number of methoxy groups -OCH3 is 1. The van der Waals surface area contributed by atoms with E-state index in [0.717, 1.165) is 5.56 Å². The topological polar surface area (TPSA) is 93.7 Å². The Hall–Kier alpha value is -3.20. The number of ether oxygens (including phenoxy) is 2. The average Bonchev–Trinajstić information content (AvgIpc) is 2.79. The van der Waals surface area contributed by atoms with Crippen LogP contribution in [0.4, 0.5) is 5.69 Å². The van der Waals surface area contributed by atoms with Crippen LogP contribution in [0.15, 0.2) is 83.8 Å². The van der Waals surface area contributed by atoms with Crippen LogP contribution >= 0.6 is 0 Å². The molecule has 3 aromatic carbocycles. The number of carbonyl (C=O) groups excluding carboxylic acids is 1. The Kier molecular flexibility index (Phi) is 7.77. The van der Waals surface area contributed by atoms with Gasteiger partial charge in [0.15, 0.2) is 0 Å². The molecular weight excluding hydrogens is 416 g/mol. The van der Waals surface area contributed by atoms with E-state index in [9.17, 15) is 13.2 Å². The molecule has 0 saturated carbocycles. The predicted octanol–water partition coefficient (Wildman–Crippen LogP) is 3.44. The lowest BCUT2D eigenvalue weighted by Crippen LogP contribution is -2.27. The molecule has 0 spiro atoms. The van der Waals surface area contributed by atoms with Crippen molar-refractivity contribution in [1.82, 2.24) is 4.72 Å². The molecule has 3 aromatic rings. The van der Waals surface area contributed by atoms with Gasteiger partial charge in [-0.3, -0.25) is 4.79 Å². The molecule has 0 aromatic heterocycles. The summed E-state index contributed by atoms with van der Waals surface area (Å²) in [5, 5.41) is 2.76. The van der Waals surface area contributed by atoms with Crippen molar-refractivity contribution in [2.75, 3.05) is 25.6 Å². The molecule has 162 valence electrons. The second-order valence-electron chi connectivity index (χ2n) is 6.67. The van der Waals surface area contributed by atoms with E-state index in [-0.39, 0.29) is 23.6 Å². The molecule has 0 atom stereocenters. The SMILES string of the molecule is COCCNS(=O)(=O)c1cccc(C(=O)Nc2ccc(OCc3ccccc3)cc2)c1. The lowest BCUT2D eigenvalue weighted by Gasteiger charge is -2.10. The minimum absolute atomic E-state index is 0.0147. The van der Waals surface area contributed by atoms with Crippen LogP contribution in [0.5, 0.6) is 5.75 Å². The minimum atomic E-state index is -3.72. The average molecular weight is 441 g/mol. The second-order valence-corrected chi connectivity index (χ2v) is 8.44. The first-order valence-electron chi connectivity index (χ1n) is 9.65. The van der Waals surface area contributed by atoms with Crippen molar-refractivity contribution in [3.8, 4) is 5.75 Å². The molecule has 2 N–H and O–H groups in total. The van der Waals surface area contributed by atoms with Crippen LogP contribution in [-0.2, 0) is 21.4 Å². The van der Waals surface area contributed by atoms with E-state index in [4.69, 9.17) is 9.47 Å². The Morgan fingerprint density at radius 2 is 1.68 bits per heavy atom. The van der Waals surface area contributed by atoms with Gasteiger partial charge in [-0.25, -0.2) is 13.1 Å². The highest BCUT2D eigenvalue weighted by atomic mass is 32.2. The predicted molar refractivity (Wildman–Crippen MR) is 119 cm³/mol. The number of benzene rings is 3. The zero-order valence-corrected chi connectivity index (χ0v) is 17.9. The van der Waals surface area contributed by atoms with Gasteiger partial charge >= 0.3 is 0 Å². The zero-order valence-electron chi connectivity index (χ0n) is 17.1. The summed E-state index contributed by atoms with van der Waals surface area (Å²) in [4.78, 5) is 12.6. The fraction of sp³-hybridized carbons (Fsp3) is 0.174. The number of nitrogens with one attached hydrogen (secondary N) is 2. The lowest BCUT2D eigenvalue weighted by molar-refractivity contribution is 0.102. The van der Waals surface area contributed by atoms with Gasteiger partial charge in [0, 0.05) is 24.9 Å². The number of anilines is 1. The molecule has 0 unspecified atom stereocenters. The van der Waals surface area contributed by atoms with E-state index in [1.54, 1.807) is 30.3 Å². The highest BCUT2D eigenvalue weighted by Crippen LogP contribution is 2.19. The summed E-state index contributed by atoms with van der Waals surface area (Å²) in [7, 11) is -2.24. The Morgan fingerprint density at radius 3 is 2.39 bits per heavy atom. The van der Waals surface area contributed by atoms with Crippen LogP contribution in [0.1, 0.15) is 15.9 Å². The number of rotatable bonds is 10. The van der Waals surface area contributed by atoms with Crippen LogP contribution in [0.25, 0.3) is 0 Å². The first-order chi connectivity index (χ1) is 15.0. The van der Waals surface area contributed by atoms with Crippen molar-refractivity contribution in [2.24, 2.45) is 0 Å². The minimum Gasteiger partial charge on any atom is -0.489 e. The molecule has 3 rings (SSSR count). The molecule has 0 radical (unpaired) electrons. The quantitative estimate of drug-likeness (QED) is 0.471. The Morgan fingerprint density at radius 1 is 0.935 bits per heavy atom. The number of amides is 1. The largest absolute Gasteiger partial charge is 0.489 e. The van der Waals surface area contributed by atoms with Gasteiger partial charge in [0.05, 0.1) is 11.5 Å². The third-order valence-corrected chi connectivity index (χ3v) is 5.82. The molecule has 31 heavy (non-hydrogen) atoms. The smallest absolute Gasteiger partial charge is 0.255 e. The van der Waals surface area contributed by atoms with Crippen molar-refractivity contribution in [2.45, 2.75) is 11.5 Å². The van der Waals surface area contributed by atoms with Crippen molar-refractivity contribution < 1.29 is 22.7 Å². The highest BCUT2D eigenvalue weighted by Gasteiger charge is 2.16. The van der Waals surface area contributed by atoms with E-state index in [1.807, 2.05) is 30.3 Å². The number of sulfonamides is 1. The third-order valence-electron chi connectivity index (χ3n) is 4.37. The van der Waals surface area contributed by atoms with Gasteiger partial charge in [0.1, 0.15) is 12.4 Å². The van der Waals surface area contributed by atoms with Crippen molar-refractivity contribution in [3.05, 3.63) is 90.0 Å². The van der Waals surface area contributed by atoms with Crippen LogP contribution in [0.3, 0.4) is 0 Å². The molecule has 1 amide bonds. The lowest BCUT2D eigenvalue weighted by atomic mass is 10.2. The maximum atomic E-state index is 12.6. The normalized spacial score (nSPS) is 11.1. The van der Waals surface area contributed by atoms with E-state index >= 15 is 0 Å². The Labute approximate surface area is 182 Å². The van der Waals surface area contributed by atoms with Crippen LogP contribution in [0, 0.1) is 0 Å². The van der Waals surface area contributed by atoms with E-state index in [1.165, 1.54) is 25.3 Å². The summed E-state index contributed by atoms with van der Waals surface area (Å²) in [6.07, 6.45) is 0. The van der Waals surface area contributed by atoms with Crippen molar-refractivity contribution in [3.63, 3.8) is 0 Å². The van der Waals surface area contributed by atoms with Crippen LogP contribution in [0.2, 0.25) is 0 Å². The summed E-state index contributed by atoms with van der Waals surface area (Å²) in [6, 6.07) is 22.7. The molecule has 0 bridgehead atoms. The van der Waals surface area contributed by atoms with Gasteiger partial charge in [-0.15, -0.1) is 0 Å². The van der Waals surface area contributed by atoms with Gasteiger partial charge < -0.3 is 14.8 Å². The summed E-state index contributed by atoms with van der Waals surface area (Å²) in [5.74, 6) is 0.268. The van der Waals surface area contributed by atoms with Crippen molar-refractivity contribution in [1.29, 1.82) is 0 Å². The van der Waals surface area contributed by atoms with Gasteiger partial charge in [0.2, 0.25) is 10.0 Å². The Bertz CT molecular complexity index is 1100. The van der Waals surface area contributed by atoms with Gasteiger partial charge in [0.25, 0.3) is 5.91 Å². The molecule has 0 fully saturated rings. The monoisotopic (exact) mass is 440 g/mol. The number of hydrogen-bond acceptors (Lipinski definition) is 5. The summed E-state index contributed by atoms with van der Waals surface area (Å²) >= 11 is 0. The standard InChI is InChI=1S/C23H24N2O5S/c1-29-15-14-24-31(27,28)22-9-5-8-19(16-22)23(26)25-20-10-12-21(13-11-20)30-17-18-6-3-2-4-7-18/h2-13,16,24H,14-15,17H2,1H3,(H,25,26). The fourth-order valence-corrected chi connectivity index (χ4v) is 3.80. The molecular formula is C23H24N2O5S. The Balaban J connectivity index is 1.61. The first-order valence-corrected chi connectivity index (χ1v) is 11.1. The first kappa shape index (κ1) is 22.5. The molecule has 0 heterocycles. The number of hydrogen-bond donors (Lipinski definition) is 2. The van der Waals surface area contributed by atoms with Gasteiger partial charge in [-0.1, -0.05) is 36.4 Å². The van der Waals surface area contributed by atoms with E-state index in [2.05, 4.69) is 10.0 Å². The summed E-state index contributed by atoms with van der Waals surface area (Å²) in [6.45, 7) is 0.852. The van der Waals surface area contributed by atoms with Crippen LogP contribution in [-0.4, -0.2) is 34.6 Å². The van der Waals surface area contributed by atoms with E-state index in [0.29, 0.717) is 18.0 Å². The molecule has 8 heteroatoms. The van der Waals surface area contributed by atoms with Crippen LogP contribution < -0.4 is 14.8 Å². The maximum Gasteiger partial charge on any atom is 0.255 e. The summed E-state index contributed by atoms with van der Waals surface area (Å²) in [5.41, 5.74) is 1.87. The maximum absolute atomic E-state index is 12.6. The fourth-order valence-electron chi connectivity index (χ4n) is 2.74. The molecule has 0 aliphatic heterocycles. The summed E-state index contributed by atoms with van der Waals surface area (Å²) < 4.78 is 37.7. The zero-order chi connectivity index (χ0) is 22.1. The highest BCUT2D eigenvalue weighted by molar-refractivity contribution is 7.89. The van der Waals surface area contributed by atoms with E-state index < -0.39 is 15.9 Å². The second kappa shape index (κ2) is 10.7. The van der Waals surface area contributed by atoms with Crippen molar-refractivity contribution >= 4 is 21.6 Å². The molecule has 7 nitrogen and oxygen atoms in total. The molecule has 0 aliphatic carbocycles. The van der Waals surface area contributed by atoms with Gasteiger partial charge in [-0.2, -0.15) is 0 Å². The molecule has 0 aliphatic rings. The van der Waals surface area contributed by atoms with Gasteiger partial charge in [-0.05, 0) is 48.0 Å². The third kappa shape index (κ3) is 6.65. The molecule has 0 saturated heterocycles. The number of carbonyl (C=O) groups is 1.